The fraction of sp³-hybridized carbons (Fsp3) is 0.609. The highest BCUT2D eigenvalue weighted by atomic mass is 79.9. The SMILES string of the molecule is CNC(=O)[C@H]1[C@@H]2OC3(CC2Br)C(C(=O)NCc2ccccc2)N(CCCCCO)C(=O)[C@H]13. The molecule has 3 fully saturated rings. The van der Waals surface area contributed by atoms with Crippen LogP contribution in [-0.4, -0.2) is 70.5 Å². The number of nitrogens with one attached hydrogen (secondary N) is 2. The van der Waals surface area contributed by atoms with Gasteiger partial charge in [0.05, 0.1) is 17.9 Å². The van der Waals surface area contributed by atoms with Gasteiger partial charge in [-0.2, -0.15) is 0 Å². The average Bonchev–Trinajstić information content (AvgIpc) is 3.39. The van der Waals surface area contributed by atoms with Gasteiger partial charge in [-0.3, -0.25) is 14.4 Å². The zero-order chi connectivity index (χ0) is 22.9. The van der Waals surface area contributed by atoms with Crippen LogP contribution in [0, 0.1) is 11.8 Å². The number of hydrogen-bond acceptors (Lipinski definition) is 5. The van der Waals surface area contributed by atoms with E-state index in [1.54, 1.807) is 11.9 Å². The largest absolute Gasteiger partial charge is 0.396 e. The molecule has 0 aromatic heterocycles. The molecular weight excluding hydrogens is 478 g/mol. The molecule has 0 aliphatic carbocycles. The van der Waals surface area contributed by atoms with Crippen molar-refractivity contribution in [3.05, 3.63) is 35.9 Å². The summed E-state index contributed by atoms with van der Waals surface area (Å²) < 4.78 is 6.37. The molecule has 8 nitrogen and oxygen atoms in total. The highest BCUT2D eigenvalue weighted by Crippen LogP contribution is 2.59. The molecule has 9 heteroatoms. The van der Waals surface area contributed by atoms with E-state index in [9.17, 15) is 14.4 Å². The van der Waals surface area contributed by atoms with Crippen molar-refractivity contribution in [2.24, 2.45) is 11.8 Å². The third kappa shape index (κ3) is 3.84. The minimum Gasteiger partial charge on any atom is -0.396 e. The van der Waals surface area contributed by atoms with Crippen LogP contribution in [0.4, 0.5) is 0 Å². The molecule has 32 heavy (non-hydrogen) atoms. The number of halogens is 1. The fourth-order valence-electron chi connectivity index (χ4n) is 5.59. The van der Waals surface area contributed by atoms with Crippen LogP contribution >= 0.6 is 15.9 Å². The van der Waals surface area contributed by atoms with Gasteiger partial charge in [-0.25, -0.2) is 0 Å². The Morgan fingerprint density at radius 3 is 2.66 bits per heavy atom. The van der Waals surface area contributed by atoms with Crippen LogP contribution in [0.3, 0.4) is 0 Å². The van der Waals surface area contributed by atoms with E-state index in [0.717, 1.165) is 12.0 Å². The Morgan fingerprint density at radius 2 is 1.97 bits per heavy atom. The number of carbonyl (C=O) groups excluding carboxylic acids is 3. The Hall–Kier alpha value is -1.97. The van der Waals surface area contributed by atoms with E-state index in [4.69, 9.17) is 9.84 Å². The first-order valence-electron chi connectivity index (χ1n) is 11.2. The van der Waals surface area contributed by atoms with Crippen molar-refractivity contribution in [2.75, 3.05) is 20.2 Å². The van der Waals surface area contributed by atoms with Gasteiger partial charge in [0.25, 0.3) is 0 Å². The van der Waals surface area contributed by atoms with Gasteiger partial charge in [0, 0.05) is 31.6 Å². The van der Waals surface area contributed by atoms with Crippen molar-refractivity contribution in [1.29, 1.82) is 0 Å². The predicted molar refractivity (Wildman–Crippen MR) is 121 cm³/mol. The second kappa shape index (κ2) is 9.49. The van der Waals surface area contributed by atoms with Crippen molar-refractivity contribution < 1.29 is 24.2 Å². The summed E-state index contributed by atoms with van der Waals surface area (Å²) in [5, 5.41) is 14.7. The number of carbonyl (C=O) groups is 3. The lowest BCUT2D eigenvalue weighted by Crippen LogP contribution is -2.55. The van der Waals surface area contributed by atoms with Crippen molar-refractivity contribution in [3.63, 3.8) is 0 Å². The molecule has 3 amide bonds. The summed E-state index contributed by atoms with van der Waals surface area (Å²) in [5.41, 5.74) is -0.0582. The van der Waals surface area contributed by atoms with Crippen molar-refractivity contribution in [3.8, 4) is 0 Å². The van der Waals surface area contributed by atoms with Crippen LogP contribution in [0.2, 0.25) is 0 Å². The predicted octanol–water partition coefficient (Wildman–Crippen LogP) is 0.959. The minimum absolute atomic E-state index is 0.0936. The highest BCUT2D eigenvalue weighted by Gasteiger charge is 2.76. The van der Waals surface area contributed by atoms with Gasteiger partial charge in [-0.05, 0) is 31.2 Å². The Kier molecular flexibility index (Phi) is 6.88. The molecule has 3 aliphatic heterocycles. The van der Waals surface area contributed by atoms with Gasteiger partial charge in [0.15, 0.2) is 0 Å². The number of rotatable bonds is 9. The van der Waals surface area contributed by atoms with Crippen molar-refractivity contribution in [1.82, 2.24) is 15.5 Å². The molecule has 3 saturated heterocycles. The van der Waals surface area contributed by atoms with Gasteiger partial charge in [-0.15, -0.1) is 0 Å². The topological polar surface area (TPSA) is 108 Å². The average molecular weight is 508 g/mol. The van der Waals surface area contributed by atoms with Gasteiger partial charge in [0.1, 0.15) is 11.6 Å². The first-order valence-corrected chi connectivity index (χ1v) is 12.1. The molecule has 1 aromatic rings. The second-order valence-electron chi connectivity index (χ2n) is 8.80. The molecule has 4 rings (SSSR count). The van der Waals surface area contributed by atoms with Crippen LogP contribution in [0.1, 0.15) is 31.2 Å². The third-order valence-electron chi connectivity index (χ3n) is 6.95. The normalized spacial score (nSPS) is 32.8. The van der Waals surface area contributed by atoms with E-state index < -0.39 is 29.6 Å². The summed E-state index contributed by atoms with van der Waals surface area (Å²) in [4.78, 5) is 41.3. The summed E-state index contributed by atoms with van der Waals surface area (Å²) in [5.74, 6) is -1.98. The molecule has 3 N–H and O–H groups in total. The Labute approximate surface area is 196 Å². The Morgan fingerprint density at radius 1 is 1.22 bits per heavy atom. The number of hydrogen-bond donors (Lipinski definition) is 3. The van der Waals surface area contributed by atoms with Crippen LogP contribution in [0.25, 0.3) is 0 Å². The molecule has 0 saturated carbocycles. The standard InChI is InChI=1S/C23H30BrN3O5/c1-25-20(29)16-17-22(31)27(10-6-3-7-11-28)19(23(17)12-15(24)18(16)32-23)21(30)26-13-14-8-4-2-5-9-14/h2,4-5,8-9,15-19,28H,3,6-7,10-13H2,1H3,(H,25,29)(H,26,30)/t15?,16-,17+,18-,19?,23?/m1/s1. The van der Waals surface area contributed by atoms with Gasteiger partial charge in [-0.1, -0.05) is 46.3 Å². The number of likely N-dealkylation sites (tertiary alicyclic amines) is 1. The molecular formula is C23H30BrN3O5. The first-order chi connectivity index (χ1) is 15.4. The summed E-state index contributed by atoms with van der Waals surface area (Å²) in [7, 11) is 1.56. The van der Waals surface area contributed by atoms with Crippen LogP contribution in [0.15, 0.2) is 30.3 Å². The summed E-state index contributed by atoms with van der Waals surface area (Å²) in [6, 6.07) is 8.81. The van der Waals surface area contributed by atoms with Crippen molar-refractivity contribution >= 4 is 33.7 Å². The summed E-state index contributed by atoms with van der Waals surface area (Å²) >= 11 is 3.64. The quantitative estimate of drug-likeness (QED) is 0.340. The molecule has 3 aliphatic rings. The number of ether oxygens (including phenoxy) is 1. The highest BCUT2D eigenvalue weighted by molar-refractivity contribution is 9.09. The molecule has 2 bridgehead atoms. The number of fused-ring (bicyclic) bond motifs is 1. The molecule has 3 heterocycles. The molecule has 6 atom stereocenters. The smallest absolute Gasteiger partial charge is 0.246 e. The lowest BCUT2D eigenvalue weighted by Gasteiger charge is -2.34. The zero-order valence-corrected chi connectivity index (χ0v) is 19.7. The number of unbranched alkanes of at least 4 members (excludes halogenated alkanes) is 2. The van der Waals surface area contributed by atoms with Crippen molar-refractivity contribution in [2.45, 2.75) is 54.8 Å². The number of aliphatic hydroxyl groups is 1. The third-order valence-corrected chi connectivity index (χ3v) is 7.80. The molecule has 1 spiro atoms. The van der Waals surface area contributed by atoms with E-state index in [2.05, 4.69) is 26.6 Å². The number of benzene rings is 1. The first kappa shape index (κ1) is 23.2. The van der Waals surface area contributed by atoms with Crippen LogP contribution in [0.5, 0.6) is 0 Å². The molecule has 0 radical (unpaired) electrons. The lowest BCUT2D eigenvalue weighted by molar-refractivity contribution is -0.142. The second-order valence-corrected chi connectivity index (χ2v) is 9.97. The monoisotopic (exact) mass is 507 g/mol. The van der Waals surface area contributed by atoms with Crippen LogP contribution < -0.4 is 10.6 Å². The van der Waals surface area contributed by atoms with E-state index in [1.807, 2.05) is 30.3 Å². The van der Waals surface area contributed by atoms with E-state index in [1.165, 1.54) is 0 Å². The van der Waals surface area contributed by atoms with Crippen LogP contribution in [-0.2, 0) is 25.7 Å². The number of nitrogens with zero attached hydrogens (tertiary/aromatic N) is 1. The zero-order valence-electron chi connectivity index (χ0n) is 18.1. The van der Waals surface area contributed by atoms with Gasteiger partial charge >= 0.3 is 0 Å². The number of alkyl halides is 1. The maximum absolute atomic E-state index is 13.6. The molecule has 174 valence electrons. The Bertz CT molecular complexity index is 868. The van der Waals surface area contributed by atoms with E-state index in [-0.39, 0.29) is 29.2 Å². The van der Waals surface area contributed by atoms with E-state index >= 15 is 0 Å². The van der Waals surface area contributed by atoms with Gasteiger partial charge in [0.2, 0.25) is 17.7 Å². The number of amides is 3. The van der Waals surface area contributed by atoms with E-state index in [0.29, 0.717) is 32.4 Å². The fourth-order valence-corrected chi connectivity index (χ4v) is 6.53. The molecule has 1 aromatic carbocycles. The minimum atomic E-state index is -1.02. The maximum atomic E-state index is 13.6. The summed E-state index contributed by atoms with van der Waals surface area (Å²) in [6.45, 7) is 0.835. The van der Waals surface area contributed by atoms with Gasteiger partial charge < -0.3 is 25.4 Å². The lowest BCUT2D eigenvalue weighted by atomic mass is 9.70. The maximum Gasteiger partial charge on any atom is 0.246 e. The summed E-state index contributed by atoms with van der Waals surface area (Å²) in [6.07, 6.45) is 2.12. The Balaban J connectivity index is 1.61. The molecule has 3 unspecified atom stereocenters. The number of aliphatic hydroxyl groups excluding tert-OH is 1.